The minimum atomic E-state index is -0.811. The quantitative estimate of drug-likeness (QED) is 0.192. The van der Waals surface area contributed by atoms with E-state index in [0.717, 1.165) is 10.0 Å². The van der Waals surface area contributed by atoms with Crippen molar-refractivity contribution in [3.05, 3.63) is 118 Å². The number of hydrogen-bond donors (Lipinski definition) is 0. The number of aromatic nitrogens is 1. The van der Waals surface area contributed by atoms with Gasteiger partial charge >= 0.3 is 5.97 Å². The minimum Gasteiger partial charge on any atom is -0.493 e. The minimum absolute atomic E-state index is 0.0781. The maximum absolute atomic E-state index is 14.2. The standard InChI is InChI=1S/C35H32BrN3O6S/c1-6-43-34(41)31-21(4)38-35-39(32(31)24-11-13-28(45-20(2)3)29(16-24)42-5)33(40)30(46-35)17-25-15-26(36)12-14-27(25)44-19-23-9-7-22(18-37)8-10-23/h7-17,20,32H,6,19H2,1-5H3/b30-17+/t32-/m0/s1. The first-order valence-corrected chi connectivity index (χ1v) is 16.2. The average Bonchev–Trinajstić information content (AvgIpc) is 3.34. The fourth-order valence-electron chi connectivity index (χ4n) is 5.05. The molecule has 1 atom stereocenters. The summed E-state index contributed by atoms with van der Waals surface area (Å²) in [6, 6.07) is 19.4. The van der Waals surface area contributed by atoms with Gasteiger partial charge in [-0.05, 0) is 87.4 Å². The molecule has 4 aromatic rings. The molecule has 3 aromatic carbocycles. The van der Waals surface area contributed by atoms with Crippen molar-refractivity contribution in [3.63, 3.8) is 0 Å². The molecule has 0 saturated heterocycles. The summed E-state index contributed by atoms with van der Waals surface area (Å²) >= 11 is 4.76. The van der Waals surface area contributed by atoms with Crippen LogP contribution >= 0.6 is 27.3 Å². The van der Waals surface area contributed by atoms with Crippen LogP contribution in [0, 0.1) is 11.3 Å². The van der Waals surface area contributed by atoms with Gasteiger partial charge < -0.3 is 18.9 Å². The molecule has 5 rings (SSSR count). The summed E-state index contributed by atoms with van der Waals surface area (Å²) < 4.78 is 25.9. The number of halogens is 1. The van der Waals surface area contributed by atoms with Crippen molar-refractivity contribution in [1.82, 2.24) is 4.57 Å². The molecule has 2 heterocycles. The van der Waals surface area contributed by atoms with Gasteiger partial charge in [-0.3, -0.25) is 9.36 Å². The Labute approximate surface area is 278 Å². The molecule has 0 aliphatic carbocycles. The Bertz CT molecular complexity index is 2040. The van der Waals surface area contributed by atoms with E-state index < -0.39 is 12.0 Å². The second-order valence-electron chi connectivity index (χ2n) is 10.7. The van der Waals surface area contributed by atoms with Crippen LogP contribution in [-0.4, -0.2) is 30.4 Å². The molecule has 1 aromatic heterocycles. The van der Waals surface area contributed by atoms with Crippen LogP contribution in [0.5, 0.6) is 17.2 Å². The zero-order valence-electron chi connectivity index (χ0n) is 26.0. The summed E-state index contributed by atoms with van der Waals surface area (Å²) in [7, 11) is 1.55. The number of thiazole rings is 1. The molecule has 46 heavy (non-hydrogen) atoms. The van der Waals surface area contributed by atoms with Gasteiger partial charge in [-0.25, -0.2) is 9.79 Å². The van der Waals surface area contributed by atoms with Crippen molar-refractivity contribution in [2.24, 2.45) is 4.99 Å². The highest BCUT2D eigenvalue weighted by molar-refractivity contribution is 9.10. The van der Waals surface area contributed by atoms with Gasteiger partial charge in [0.1, 0.15) is 12.4 Å². The lowest BCUT2D eigenvalue weighted by atomic mass is 9.95. The Morgan fingerprint density at radius 3 is 2.52 bits per heavy atom. The number of fused-ring (bicyclic) bond motifs is 1. The van der Waals surface area contributed by atoms with E-state index in [1.54, 1.807) is 51.3 Å². The average molecular weight is 703 g/mol. The third-order valence-electron chi connectivity index (χ3n) is 7.12. The molecule has 0 unspecified atom stereocenters. The Hall–Kier alpha value is -4.66. The lowest BCUT2D eigenvalue weighted by molar-refractivity contribution is -0.139. The highest BCUT2D eigenvalue weighted by Crippen LogP contribution is 2.36. The van der Waals surface area contributed by atoms with E-state index in [0.29, 0.717) is 49.0 Å². The van der Waals surface area contributed by atoms with Gasteiger partial charge in [-0.1, -0.05) is 45.5 Å². The van der Waals surface area contributed by atoms with Gasteiger partial charge in [-0.15, -0.1) is 0 Å². The van der Waals surface area contributed by atoms with Crippen molar-refractivity contribution >= 4 is 39.3 Å². The third kappa shape index (κ3) is 6.93. The lowest BCUT2D eigenvalue weighted by Gasteiger charge is -2.25. The molecule has 11 heteroatoms. The molecule has 0 N–H and O–H groups in total. The highest BCUT2D eigenvalue weighted by Gasteiger charge is 2.34. The molecule has 0 radical (unpaired) electrons. The van der Waals surface area contributed by atoms with Gasteiger partial charge in [0.25, 0.3) is 5.56 Å². The lowest BCUT2D eigenvalue weighted by Crippen LogP contribution is -2.40. The third-order valence-corrected chi connectivity index (χ3v) is 8.60. The van der Waals surface area contributed by atoms with Gasteiger partial charge in [0.2, 0.25) is 0 Å². The van der Waals surface area contributed by atoms with E-state index in [2.05, 4.69) is 27.0 Å². The van der Waals surface area contributed by atoms with Crippen molar-refractivity contribution < 1.29 is 23.7 Å². The van der Waals surface area contributed by atoms with Crippen molar-refractivity contribution in [2.45, 2.75) is 46.4 Å². The van der Waals surface area contributed by atoms with Gasteiger partial charge in [0.05, 0.1) is 53.3 Å². The number of carbonyl (C=O) groups excluding carboxylic acids is 1. The highest BCUT2D eigenvalue weighted by atomic mass is 79.9. The topological polar surface area (TPSA) is 112 Å². The number of benzene rings is 3. The van der Waals surface area contributed by atoms with E-state index in [-0.39, 0.29) is 30.5 Å². The Balaban J connectivity index is 1.62. The van der Waals surface area contributed by atoms with Crippen LogP contribution in [0.25, 0.3) is 6.08 Å². The Morgan fingerprint density at radius 1 is 1.11 bits per heavy atom. The van der Waals surface area contributed by atoms with Crippen LogP contribution in [0.2, 0.25) is 0 Å². The molecule has 0 bridgehead atoms. The van der Waals surface area contributed by atoms with E-state index in [1.165, 1.54) is 15.9 Å². The zero-order chi connectivity index (χ0) is 33.0. The number of ether oxygens (including phenoxy) is 4. The molecule has 1 aliphatic rings. The van der Waals surface area contributed by atoms with Crippen molar-refractivity contribution in [2.75, 3.05) is 13.7 Å². The number of allylic oxidation sites excluding steroid dienone is 1. The van der Waals surface area contributed by atoms with Crippen LogP contribution in [0.3, 0.4) is 0 Å². The SMILES string of the molecule is CCOC(=O)C1=C(C)N=c2s/c(=C/c3cc(Br)ccc3OCc3ccc(C#N)cc3)c(=O)n2[C@H]1c1ccc(OC(C)C)c(OC)c1. The summed E-state index contributed by atoms with van der Waals surface area (Å²) in [5.41, 5.74) is 3.22. The monoisotopic (exact) mass is 701 g/mol. The predicted octanol–water partition coefficient (Wildman–Crippen LogP) is 5.81. The molecule has 236 valence electrons. The number of nitriles is 1. The van der Waals surface area contributed by atoms with Crippen molar-refractivity contribution in [3.8, 4) is 23.3 Å². The van der Waals surface area contributed by atoms with Crippen LogP contribution in [0.15, 0.2) is 86.2 Å². The molecular formula is C35H32BrN3O6S. The largest absolute Gasteiger partial charge is 0.493 e. The van der Waals surface area contributed by atoms with Crippen LogP contribution in [0.4, 0.5) is 0 Å². The number of nitrogens with zero attached hydrogens (tertiary/aromatic N) is 3. The summed E-state index contributed by atoms with van der Waals surface area (Å²) in [6.07, 6.45) is 1.69. The maximum Gasteiger partial charge on any atom is 0.338 e. The fraction of sp³-hybridized carbons (Fsp3) is 0.257. The number of carbonyl (C=O) groups is 1. The summed E-state index contributed by atoms with van der Waals surface area (Å²) in [5, 5.41) is 9.09. The first kappa shape index (κ1) is 32.7. The molecule has 0 spiro atoms. The predicted molar refractivity (Wildman–Crippen MR) is 179 cm³/mol. The van der Waals surface area contributed by atoms with Gasteiger partial charge in [-0.2, -0.15) is 5.26 Å². The van der Waals surface area contributed by atoms with Crippen molar-refractivity contribution in [1.29, 1.82) is 5.26 Å². The molecule has 0 fully saturated rings. The second kappa shape index (κ2) is 14.2. The van der Waals surface area contributed by atoms with Gasteiger partial charge in [0, 0.05) is 10.0 Å². The van der Waals surface area contributed by atoms with E-state index in [1.807, 2.05) is 50.2 Å². The van der Waals surface area contributed by atoms with Crippen LogP contribution in [0.1, 0.15) is 56.0 Å². The fourth-order valence-corrected chi connectivity index (χ4v) is 6.47. The molecule has 0 amide bonds. The molecular weight excluding hydrogens is 670 g/mol. The molecule has 1 aliphatic heterocycles. The zero-order valence-corrected chi connectivity index (χ0v) is 28.4. The number of rotatable bonds is 10. The maximum atomic E-state index is 14.2. The Morgan fingerprint density at radius 2 is 1.85 bits per heavy atom. The molecule has 0 saturated carbocycles. The van der Waals surface area contributed by atoms with Gasteiger partial charge in [0.15, 0.2) is 16.3 Å². The smallest absolute Gasteiger partial charge is 0.338 e. The van der Waals surface area contributed by atoms with E-state index in [9.17, 15) is 9.59 Å². The first-order chi connectivity index (χ1) is 22.1. The number of hydrogen-bond acceptors (Lipinski definition) is 9. The van der Waals surface area contributed by atoms with Crippen LogP contribution < -0.4 is 29.1 Å². The van der Waals surface area contributed by atoms with E-state index in [4.69, 9.17) is 24.2 Å². The summed E-state index contributed by atoms with van der Waals surface area (Å²) in [4.78, 5) is 32.7. The first-order valence-electron chi connectivity index (χ1n) is 14.6. The molecule has 9 nitrogen and oxygen atoms in total. The van der Waals surface area contributed by atoms with Crippen LogP contribution in [-0.2, 0) is 16.1 Å². The van der Waals surface area contributed by atoms with E-state index >= 15 is 0 Å². The number of methoxy groups -OCH3 is 1. The second-order valence-corrected chi connectivity index (χ2v) is 12.6. The summed E-state index contributed by atoms with van der Waals surface area (Å²) in [6.45, 7) is 7.77. The Kier molecular flexibility index (Phi) is 10.1. The normalized spacial score (nSPS) is 14.4. The summed E-state index contributed by atoms with van der Waals surface area (Å²) in [5.74, 6) is 1.05. The number of esters is 1.